The van der Waals surface area contributed by atoms with Gasteiger partial charge in [-0.05, 0) is 13.1 Å². The lowest BCUT2D eigenvalue weighted by Gasteiger charge is -2.21. The van der Waals surface area contributed by atoms with Crippen molar-refractivity contribution in [2.24, 2.45) is 5.73 Å². The van der Waals surface area contributed by atoms with E-state index in [0.29, 0.717) is 6.54 Å². The summed E-state index contributed by atoms with van der Waals surface area (Å²) in [5.74, 6) is -1.89. The lowest BCUT2D eigenvalue weighted by atomic mass is 10.1. The van der Waals surface area contributed by atoms with Crippen molar-refractivity contribution in [3.05, 3.63) is 35.4 Å². The molecule has 0 spiro atoms. The van der Waals surface area contributed by atoms with Crippen LogP contribution in [0.25, 0.3) is 0 Å². The summed E-state index contributed by atoms with van der Waals surface area (Å²) in [6, 6.07) is 3.14. The van der Waals surface area contributed by atoms with Crippen LogP contribution in [0.1, 0.15) is 11.6 Å². The minimum Gasteiger partial charge on any atom is -0.323 e. The van der Waals surface area contributed by atoms with Gasteiger partial charge in [0.25, 0.3) is 0 Å². The second kappa shape index (κ2) is 6.40. The van der Waals surface area contributed by atoms with Gasteiger partial charge in [-0.3, -0.25) is 0 Å². The van der Waals surface area contributed by atoms with Crippen molar-refractivity contribution < 1.29 is 17.2 Å². The van der Waals surface area contributed by atoms with Crippen LogP contribution in [0.3, 0.4) is 0 Å². The van der Waals surface area contributed by atoms with E-state index in [2.05, 4.69) is 0 Å². The van der Waals surface area contributed by atoms with Gasteiger partial charge in [-0.1, -0.05) is 12.1 Å². The second-order valence-electron chi connectivity index (χ2n) is 4.64. The topological polar surface area (TPSA) is 63.4 Å². The van der Waals surface area contributed by atoms with Crippen molar-refractivity contribution in [3.63, 3.8) is 0 Å². The van der Waals surface area contributed by atoms with Crippen LogP contribution < -0.4 is 5.73 Å². The average molecular weight is 292 g/mol. The molecule has 2 N–H and O–H groups in total. The predicted molar refractivity (Wildman–Crippen MR) is 70.5 cm³/mol. The summed E-state index contributed by atoms with van der Waals surface area (Å²) in [7, 11) is -1.37. The van der Waals surface area contributed by atoms with Crippen molar-refractivity contribution >= 4 is 9.84 Å². The zero-order valence-electron chi connectivity index (χ0n) is 10.9. The van der Waals surface area contributed by atoms with Gasteiger partial charge >= 0.3 is 0 Å². The molecule has 19 heavy (non-hydrogen) atoms. The maximum atomic E-state index is 13.5. The smallest absolute Gasteiger partial charge is 0.163 e. The fourth-order valence-electron chi connectivity index (χ4n) is 1.65. The van der Waals surface area contributed by atoms with Gasteiger partial charge in [0.15, 0.2) is 11.6 Å². The molecule has 0 aliphatic carbocycles. The first kappa shape index (κ1) is 16.0. The number of likely N-dealkylation sites (N-methyl/N-ethyl adjacent to an activating group) is 1. The van der Waals surface area contributed by atoms with Crippen LogP contribution in [-0.4, -0.2) is 45.5 Å². The molecule has 0 saturated carbocycles. The molecule has 0 saturated heterocycles. The van der Waals surface area contributed by atoms with Crippen LogP contribution in [0.2, 0.25) is 0 Å². The Morgan fingerprint density at radius 3 is 2.58 bits per heavy atom. The molecule has 0 heterocycles. The van der Waals surface area contributed by atoms with E-state index in [9.17, 15) is 17.2 Å². The van der Waals surface area contributed by atoms with Gasteiger partial charge in [-0.2, -0.15) is 0 Å². The number of hydrogen-bond acceptors (Lipinski definition) is 4. The molecule has 7 heteroatoms. The van der Waals surface area contributed by atoms with Crippen molar-refractivity contribution in [1.29, 1.82) is 0 Å². The summed E-state index contributed by atoms with van der Waals surface area (Å²) in [5.41, 5.74) is 5.90. The van der Waals surface area contributed by atoms with E-state index in [1.807, 2.05) is 0 Å². The van der Waals surface area contributed by atoms with Gasteiger partial charge in [0.1, 0.15) is 9.84 Å². The molecule has 1 unspecified atom stereocenters. The maximum Gasteiger partial charge on any atom is 0.163 e. The standard InChI is InChI=1S/C12H18F2N2O2S/c1-16(6-7-19(2,17)18)8-11(15)9-4-3-5-10(13)12(9)14/h3-5,11H,6-8,15H2,1-2H3. The quantitative estimate of drug-likeness (QED) is 0.847. The summed E-state index contributed by atoms with van der Waals surface area (Å²) >= 11 is 0. The van der Waals surface area contributed by atoms with Gasteiger partial charge in [0.05, 0.1) is 5.75 Å². The molecule has 1 aromatic rings. The molecule has 0 aromatic heterocycles. The molecule has 1 aromatic carbocycles. The number of benzene rings is 1. The normalized spacial score (nSPS) is 13.8. The van der Waals surface area contributed by atoms with Crippen LogP contribution in [0, 0.1) is 11.6 Å². The Kier molecular flexibility index (Phi) is 5.39. The average Bonchev–Trinajstić information content (AvgIpc) is 2.29. The summed E-state index contributed by atoms with van der Waals surface area (Å²) < 4.78 is 48.6. The van der Waals surface area contributed by atoms with E-state index in [1.165, 1.54) is 12.1 Å². The molecule has 4 nitrogen and oxygen atoms in total. The number of hydrogen-bond donors (Lipinski definition) is 1. The monoisotopic (exact) mass is 292 g/mol. The summed E-state index contributed by atoms with van der Waals surface area (Å²) in [6.45, 7) is 0.541. The van der Waals surface area contributed by atoms with Crippen molar-refractivity contribution in [2.75, 3.05) is 32.1 Å². The minimum absolute atomic E-state index is 0.00184. The maximum absolute atomic E-state index is 13.5. The SMILES string of the molecule is CN(CCS(C)(=O)=O)CC(N)c1cccc(F)c1F. The Balaban J connectivity index is 2.64. The molecule has 0 bridgehead atoms. The first-order valence-electron chi connectivity index (χ1n) is 5.76. The second-order valence-corrected chi connectivity index (χ2v) is 6.90. The van der Waals surface area contributed by atoms with Gasteiger partial charge in [-0.25, -0.2) is 17.2 Å². The van der Waals surface area contributed by atoms with Gasteiger partial charge in [0, 0.05) is 31.0 Å². The highest BCUT2D eigenvalue weighted by Gasteiger charge is 2.16. The van der Waals surface area contributed by atoms with Crippen LogP contribution in [0.4, 0.5) is 8.78 Å². The Bertz CT molecular complexity index is 535. The van der Waals surface area contributed by atoms with Gasteiger partial charge in [-0.15, -0.1) is 0 Å². The molecule has 108 valence electrons. The highest BCUT2D eigenvalue weighted by Crippen LogP contribution is 2.18. The first-order valence-corrected chi connectivity index (χ1v) is 7.82. The highest BCUT2D eigenvalue weighted by atomic mass is 32.2. The van der Waals surface area contributed by atoms with E-state index in [0.717, 1.165) is 12.3 Å². The van der Waals surface area contributed by atoms with E-state index in [1.54, 1.807) is 11.9 Å². The fraction of sp³-hybridized carbons (Fsp3) is 0.500. The summed E-state index contributed by atoms with van der Waals surface area (Å²) in [4.78, 5) is 1.68. The molecule has 0 aliphatic heterocycles. The third-order valence-electron chi connectivity index (χ3n) is 2.73. The van der Waals surface area contributed by atoms with Crippen LogP contribution in [0.15, 0.2) is 18.2 Å². The number of rotatable bonds is 6. The van der Waals surface area contributed by atoms with Crippen LogP contribution in [0.5, 0.6) is 0 Å². The Morgan fingerprint density at radius 1 is 1.37 bits per heavy atom. The molecular weight excluding hydrogens is 274 g/mol. The first-order chi connectivity index (χ1) is 8.70. The third-order valence-corrected chi connectivity index (χ3v) is 3.66. The van der Waals surface area contributed by atoms with E-state index < -0.39 is 27.5 Å². The van der Waals surface area contributed by atoms with Crippen LogP contribution in [-0.2, 0) is 9.84 Å². The van der Waals surface area contributed by atoms with E-state index in [4.69, 9.17) is 5.73 Å². The van der Waals surface area contributed by atoms with Crippen molar-refractivity contribution in [2.45, 2.75) is 6.04 Å². The van der Waals surface area contributed by atoms with Crippen molar-refractivity contribution in [3.8, 4) is 0 Å². The van der Waals surface area contributed by atoms with Crippen molar-refractivity contribution in [1.82, 2.24) is 4.90 Å². The molecule has 1 atom stereocenters. The molecule has 0 aliphatic rings. The number of nitrogens with zero attached hydrogens (tertiary/aromatic N) is 1. The van der Waals surface area contributed by atoms with E-state index >= 15 is 0 Å². The Labute approximate surface area is 112 Å². The Hall–Kier alpha value is -1.05. The molecule has 0 amide bonds. The van der Waals surface area contributed by atoms with Gasteiger partial charge < -0.3 is 10.6 Å². The highest BCUT2D eigenvalue weighted by molar-refractivity contribution is 7.90. The number of nitrogens with two attached hydrogens (primary N) is 1. The molecule has 0 radical (unpaired) electrons. The van der Waals surface area contributed by atoms with Crippen LogP contribution >= 0.6 is 0 Å². The lowest BCUT2D eigenvalue weighted by molar-refractivity contribution is 0.324. The Morgan fingerprint density at radius 2 is 2.00 bits per heavy atom. The zero-order valence-corrected chi connectivity index (χ0v) is 11.8. The number of halogens is 2. The van der Waals surface area contributed by atoms with Gasteiger partial charge in [0.2, 0.25) is 0 Å². The zero-order chi connectivity index (χ0) is 14.6. The lowest BCUT2D eigenvalue weighted by Crippen LogP contribution is -2.33. The summed E-state index contributed by atoms with van der Waals surface area (Å²) in [5, 5.41) is 0. The number of sulfone groups is 1. The largest absolute Gasteiger partial charge is 0.323 e. The molecule has 1 rings (SSSR count). The summed E-state index contributed by atoms with van der Waals surface area (Å²) in [6.07, 6.45) is 1.15. The third kappa shape index (κ3) is 5.22. The van der Waals surface area contributed by atoms with E-state index in [-0.39, 0.29) is 17.9 Å². The molecule has 0 fully saturated rings. The predicted octanol–water partition coefficient (Wildman–Crippen LogP) is 0.941. The minimum atomic E-state index is -3.05. The fourth-order valence-corrected chi connectivity index (χ4v) is 2.30. The molecular formula is C12H18F2N2O2S.